The smallest absolute Gasteiger partial charge is 0.330 e. The average Bonchev–Trinajstić information content (AvgIpc) is 2.66. The predicted molar refractivity (Wildman–Crippen MR) is 394 cm³/mol. The number of ether oxygens (including phenoxy) is 4. The van der Waals surface area contributed by atoms with Crippen LogP contribution in [0.4, 0.5) is 0 Å². The van der Waals surface area contributed by atoms with Gasteiger partial charge in [-0.05, 0) is 25.7 Å². The highest BCUT2D eigenvalue weighted by Gasteiger charge is 2.27. The molecular formula is C72H140N4O14P2S2. The van der Waals surface area contributed by atoms with Gasteiger partial charge in [0.15, 0.2) is 12.2 Å². The van der Waals surface area contributed by atoms with Gasteiger partial charge in [-0.15, -0.1) is 0 Å². The molecule has 0 bridgehead atoms. The van der Waals surface area contributed by atoms with Gasteiger partial charge in [-0.25, -0.2) is 0 Å². The fourth-order valence-electron chi connectivity index (χ4n) is 10.7. The van der Waals surface area contributed by atoms with E-state index < -0.39 is 64.5 Å². The summed E-state index contributed by atoms with van der Waals surface area (Å²) in [4.78, 5) is 81.2. The zero-order valence-corrected chi connectivity index (χ0v) is 63.6. The summed E-state index contributed by atoms with van der Waals surface area (Å²) < 4.78 is 59.4. The zero-order valence-electron chi connectivity index (χ0n) is 60.1. The highest BCUT2D eigenvalue weighted by atomic mass is 33.1. The lowest BCUT2D eigenvalue weighted by atomic mass is 10.1. The van der Waals surface area contributed by atoms with Crippen LogP contribution in [0.1, 0.15) is 349 Å². The number of esters is 4. The van der Waals surface area contributed by atoms with Crippen molar-refractivity contribution in [3.63, 3.8) is 0 Å². The molecule has 0 radical (unpaired) electrons. The standard InChI is InChI=1S/C72H140N4O14P2S2/c1-5-9-13-17-21-25-29-33-37-41-45-49-69(77)85-61-65(89-71(79)51-47-43-39-35-31-27-23-19-15-11-7-3)63-87-91(81,82)57-55-75-67(73)53-59-93-94-60-54-68(74)76-56-58-92(83,84)88-64-66(90-72(80)52-48-44-40-36-32-28-24-20-16-12-8-4)62-86-70(78)50-46-42-38-34-30-26-22-18-14-10-6-2/h65-66H,5-64H2,1-4H3,(H2,73,75)(H2,74,76)(H,81,82)(H,83,84). The Kier molecular flexibility index (Phi) is 66.4. The summed E-state index contributed by atoms with van der Waals surface area (Å²) in [7, 11) is -5.28. The minimum absolute atomic E-state index is 0.0595. The summed E-state index contributed by atoms with van der Waals surface area (Å²) >= 11 is 0. The van der Waals surface area contributed by atoms with E-state index in [4.69, 9.17) is 39.5 Å². The molecule has 0 saturated carbocycles. The molecule has 4 unspecified atom stereocenters. The summed E-state index contributed by atoms with van der Waals surface area (Å²) in [5.74, 6) is 0.0979. The lowest BCUT2D eigenvalue weighted by Crippen LogP contribution is -2.29. The molecule has 0 rings (SSSR count). The van der Waals surface area contributed by atoms with Crippen LogP contribution in [0.15, 0.2) is 9.98 Å². The van der Waals surface area contributed by atoms with Crippen molar-refractivity contribution in [3.8, 4) is 0 Å². The maximum atomic E-state index is 13.1. The third-order valence-electron chi connectivity index (χ3n) is 16.7. The van der Waals surface area contributed by atoms with Crippen LogP contribution in [0, 0.1) is 0 Å². The average molecular weight is 1410 g/mol. The number of amidine groups is 2. The highest BCUT2D eigenvalue weighted by molar-refractivity contribution is 8.76. The van der Waals surface area contributed by atoms with E-state index in [2.05, 4.69) is 37.7 Å². The molecule has 0 fully saturated rings. The third-order valence-corrected chi connectivity index (χ3v) is 21.7. The van der Waals surface area contributed by atoms with Gasteiger partial charge in [0.1, 0.15) is 13.2 Å². The van der Waals surface area contributed by atoms with Crippen LogP contribution in [0.5, 0.6) is 0 Å². The quantitative estimate of drug-likeness (QED) is 0.00838. The monoisotopic (exact) mass is 1410 g/mol. The van der Waals surface area contributed by atoms with Gasteiger partial charge in [-0.3, -0.25) is 38.3 Å². The Hall–Kier alpha value is -2.18. The fraction of sp³-hybridized carbons (Fsp3) is 0.917. The molecule has 0 aliphatic carbocycles. The Labute approximate surface area is 581 Å². The van der Waals surface area contributed by atoms with E-state index in [1.54, 1.807) is 21.6 Å². The number of unbranched alkanes of at least 4 members (excludes halogenated alkanes) is 40. The van der Waals surface area contributed by atoms with E-state index in [1.165, 1.54) is 180 Å². The maximum Gasteiger partial charge on any atom is 0.330 e. The van der Waals surface area contributed by atoms with E-state index in [0.717, 1.165) is 77.0 Å². The number of rotatable bonds is 73. The number of carbonyl (C=O) groups excluding carboxylic acids is 4. The Morgan fingerprint density at radius 1 is 0.340 bits per heavy atom. The van der Waals surface area contributed by atoms with Crippen LogP contribution in [-0.2, 0) is 56.3 Å². The van der Waals surface area contributed by atoms with Crippen molar-refractivity contribution in [1.82, 2.24) is 0 Å². The summed E-state index contributed by atoms with van der Waals surface area (Å²) in [6, 6.07) is 0. The molecule has 22 heteroatoms. The second-order valence-electron chi connectivity index (χ2n) is 25.9. The number of hydrogen-bond donors (Lipinski definition) is 4. The predicted octanol–water partition coefficient (Wildman–Crippen LogP) is 20.0. The molecule has 0 heterocycles. The van der Waals surface area contributed by atoms with Crippen LogP contribution < -0.4 is 11.5 Å². The molecule has 0 aromatic rings. The lowest BCUT2D eigenvalue weighted by Gasteiger charge is -2.20. The van der Waals surface area contributed by atoms with E-state index in [1.807, 2.05) is 0 Å². The molecule has 0 aliphatic heterocycles. The molecule has 0 amide bonds. The largest absolute Gasteiger partial charge is 0.462 e. The van der Waals surface area contributed by atoms with E-state index in [0.29, 0.717) is 61.7 Å². The van der Waals surface area contributed by atoms with Crippen LogP contribution in [0.2, 0.25) is 0 Å². The Morgan fingerprint density at radius 2 is 0.564 bits per heavy atom. The molecule has 6 N–H and O–H groups in total. The van der Waals surface area contributed by atoms with Crippen molar-refractivity contribution >= 4 is 72.3 Å². The van der Waals surface area contributed by atoms with Gasteiger partial charge in [-0.1, -0.05) is 306 Å². The molecule has 0 aromatic carbocycles. The van der Waals surface area contributed by atoms with Crippen molar-refractivity contribution in [1.29, 1.82) is 0 Å². The van der Waals surface area contributed by atoms with Crippen molar-refractivity contribution in [2.75, 3.05) is 63.3 Å². The van der Waals surface area contributed by atoms with Gasteiger partial charge in [0.05, 0.1) is 50.3 Å². The van der Waals surface area contributed by atoms with Gasteiger partial charge in [0, 0.05) is 50.0 Å². The van der Waals surface area contributed by atoms with Crippen LogP contribution >= 0.6 is 36.8 Å². The molecule has 0 aliphatic rings. The van der Waals surface area contributed by atoms with Gasteiger partial charge in [0.25, 0.3) is 0 Å². The first-order chi connectivity index (χ1) is 45.6. The van der Waals surface area contributed by atoms with E-state index in [9.17, 15) is 38.1 Å². The normalized spacial score (nSPS) is 13.9. The van der Waals surface area contributed by atoms with Gasteiger partial charge in [0.2, 0.25) is 0 Å². The first kappa shape index (κ1) is 91.8. The first-order valence-electron chi connectivity index (χ1n) is 38.0. The maximum absolute atomic E-state index is 13.1. The SMILES string of the molecule is CCCCCCCCCCCCCC(=O)OCC(COP(=O)(O)CCN=C(N)CCSSCCC(N)=NCCP(=O)(O)OCC(COC(=O)CCCCCCCCCCCCC)OC(=O)CCCCCCCCCCCCC)OC(=O)CCCCCCCCCCCCC. The van der Waals surface area contributed by atoms with Crippen molar-refractivity contribution in [2.24, 2.45) is 21.5 Å². The lowest BCUT2D eigenvalue weighted by molar-refractivity contribution is -0.161. The Balaban J connectivity index is 4.97. The summed E-state index contributed by atoms with van der Waals surface area (Å²) in [6.45, 7) is 7.42. The number of nitrogens with two attached hydrogens (primary N) is 2. The number of aliphatic imine (C=N–C) groups is 2. The number of carbonyl (C=O) groups is 4. The summed E-state index contributed by atoms with van der Waals surface area (Å²) in [5.41, 5.74) is 12.3. The summed E-state index contributed by atoms with van der Waals surface area (Å²) in [6.07, 6.45) is 49.9. The Bertz CT molecular complexity index is 1830. The molecule has 0 aromatic heterocycles. The molecule has 18 nitrogen and oxygen atoms in total. The molecular weight excluding hydrogens is 1270 g/mol. The van der Waals surface area contributed by atoms with Crippen LogP contribution in [0.3, 0.4) is 0 Å². The third kappa shape index (κ3) is 67.0. The number of hydrogen-bond acceptors (Lipinski definition) is 16. The number of nitrogens with zero attached hydrogens (tertiary/aromatic N) is 2. The summed E-state index contributed by atoms with van der Waals surface area (Å²) in [5, 5.41) is 0. The van der Waals surface area contributed by atoms with E-state index in [-0.39, 0.29) is 64.3 Å². The molecule has 554 valence electrons. The minimum Gasteiger partial charge on any atom is -0.462 e. The van der Waals surface area contributed by atoms with Crippen molar-refractivity contribution in [3.05, 3.63) is 0 Å². The van der Waals surface area contributed by atoms with E-state index >= 15 is 0 Å². The van der Waals surface area contributed by atoms with Gasteiger partial charge in [-0.2, -0.15) is 0 Å². The second-order valence-corrected chi connectivity index (χ2v) is 32.6. The fourth-order valence-corrected chi connectivity index (χ4v) is 14.5. The van der Waals surface area contributed by atoms with Gasteiger partial charge >= 0.3 is 39.1 Å². The highest BCUT2D eigenvalue weighted by Crippen LogP contribution is 2.42. The topological polar surface area (TPSA) is 275 Å². The van der Waals surface area contributed by atoms with Crippen LogP contribution in [0.25, 0.3) is 0 Å². The molecule has 0 spiro atoms. The second kappa shape index (κ2) is 68.0. The van der Waals surface area contributed by atoms with Crippen molar-refractivity contribution < 1.29 is 66.1 Å². The van der Waals surface area contributed by atoms with Gasteiger partial charge < -0.3 is 49.2 Å². The zero-order chi connectivity index (χ0) is 69.1. The molecule has 4 atom stereocenters. The first-order valence-corrected chi connectivity index (χ1v) is 44.0. The Morgan fingerprint density at radius 3 is 0.809 bits per heavy atom. The molecule has 0 saturated heterocycles. The van der Waals surface area contributed by atoms with Crippen molar-refractivity contribution in [2.45, 2.75) is 361 Å². The minimum atomic E-state index is -4.18. The van der Waals surface area contributed by atoms with Crippen LogP contribution in [-0.4, -0.2) is 121 Å². The molecule has 94 heavy (non-hydrogen) atoms.